The van der Waals surface area contributed by atoms with Crippen molar-refractivity contribution < 1.29 is 32.0 Å². The number of alkyl carbamates (subject to hydrolysis) is 1. The molecule has 0 bridgehead atoms. The van der Waals surface area contributed by atoms with Crippen LogP contribution in [-0.4, -0.2) is 49.6 Å². The number of ether oxygens (including phenoxy) is 1. The molecule has 0 heterocycles. The highest BCUT2D eigenvalue weighted by Crippen LogP contribution is 2.15. The van der Waals surface area contributed by atoms with Crippen LogP contribution in [0.4, 0.5) is 4.79 Å². The quantitative estimate of drug-likeness (QED) is 0.694. The van der Waals surface area contributed by atoms with E-state index in [-0.39, 0.29) is 6.42 Å². The van der Waals surface area contributed by atoms with Gasteiger partial charge in [-0.05, 0) is 27.2 Å². The molecule has 1 atom stereocenters. The van der Waals surface area contributed by atoms with E-state index in [1.54, 1.807) is 20.8 Å². The predicted octanol–water partition coefficient (Wildman–Crippen LogP) is 0.721. The van der Waals surface area contributed by atoms with Crippen LogP contribution >= 0.6 is 0 Å². The summed E-state index contributed by atoms with van der Waals surface area (Å²) in [6, 6.07) is 0. The average Bonchev–Trinajstić information content (AvgIpc) is 2.19. The van der Waals surface area contributed by atoms with Gasteiger partial charge >= 0.3 is 12.1 Å². The standard InChI is InChI=1S/C11H21NO7S/c1-6-11(8(13)14,7-18-20(5,16)17)12-9(15)19-10(2,3)4/h6-7H2,1-5H3,(H,12,15)(H,13,14)/t11-/m0/s1. The van der Waals surface area contributed by atoms with Gasteiger partial charge in [0.05, 0.1) is 6.26 Å². The summed E-state index contributed by atoms with van der Waals surface area (Å²) in [4.78, 5) is 23.0. The first-order valence-electron chi connectivity index (χ1n) is 5.90. The molecule has 0 unspecified atom stereocenters. The molecule has 0 rings (SSSR count). The van der Waals surface area contributed by atoms with E-state index in [9.17, 15) is 23.1 Å². The largest absolute Gasteiger partial charge is 0.479 e. The van der Waals surface area contributed by atoms with Crippen molar-refractivity contribution in [3.8, 4) is 0 Å². The van der Waals surface area contributed by atoms with Crippen LogP contribution in [-0.2, 0) is 23.8 Å². The van der Waals surface area contributed by atoms with E-state index >= 15 is 0 Å². The maximum absolute atomic E-state index is 11.7. The molecule has 0 saturated heterocycles. The van der Waals surface area contributed by atoms with Gasteiger partial charge in [0.15, 0.2) is 5.54 Å². The number of rotatable bonds is 6. The first-order valence-corrected chi connectivity index (χ1v) is 7.72. The topological polar surface area (TPSA) is 119 Å². The fourth-order valence-electron chi connectivity index (χ4n) is 1.20. The molecule has 20 heavy (non-hydrogen) atoms. The van der Waals surface area contributed by atoms with Crippen molar-refractivity contribution in [2.75, 3.05) is 12.9 Å². The second kappa shape index (κ2) is 6.40. The summed E-state index contributed by atoms with van der Waals surface area (Å²) in [6.07, 6.45) is -0.237. The number of carbonyl (C=O) groups excluding carboxylic acids is 1. The van der Waals surface area contributed by atoms with Gasteiger partial charge < -0.3 is 15.2 Å². The molecule has 0 aliphatic carbocycles. The van der Waals surface area contributed by atoms with Gasteiger partial charge in [-0.2, -0.15) is 8.42 Å². The fourth-order valence-corrected chi connectivity index (χ4v) is 1.61. The van der Waals surface area contributed by atoms with E-state index in [1.165, 1.54) is 6.92 Å². The Bertz CT molecular complexity index is 466. The summed E-state index contributed by atoms with van der Waals surface area (Å²) < 4.78 is 31.4. The van der Waals surface area contributed by atoms with E-state index in [0.717, 1.165) is 6.26 Å². The van der Waals surface area contributed by atoms with Crippen molar-refractivity contribution in [1.82, 2.24) is 5.32 Å². The monoisotopic (exact) mass is 311 g/mol. The number of amides is 1. The van der Waals surface area contributed by atoms with Crippen molar-refractivity contribution in [1.29, 1.82) is 0 Å². The molecule has 0 radical (unpaired) electrons. The van der Waals surface area contributed by atoms with Crippen LogP contribution in [0.15, 0.2) is 0 Å². The zero-order valence-corrected chi connectivity index (χ0v) is 13.0. The lowest BCUT2D eigenvalue weighted by Crippen LogP contribution is -2.58. The maximum atomic E-state index is 11.7. The van der Waals surface area contributed by atoms with Crippen molar-refractivity contribution in [3.05, 3.63) is 0 Å². The molecular weight excluding hydrogens is 290 g/mol. The molecule has 0 aromatic carbocycles. The van der Waals surface area contributed by atoms with Gasteiger partial charge in [0.1, 0.15) is 12.2 Å². The number of carboxylic acid groups (broad SMARTS) is 1. The van der Waals surface area contributed by atoms with Gasteiger partial charge in [0, 0.05) is 0 Å². The molecule has 0 aromatic rings. The Labute approximate surface area is 118 Å². The molecular formula is C11H21NO7S. The normalized spacial score (nSPS) is 15.2. The first kappa shape index (κ1) is 18.7. The molecule has 1 amide bonds. The molecule has 0 aromatic heterocycles. The van der Waals surface area contributed by atoms with E-state index < -0.39 is 39.9 Å². The average molecular weight is 311 g/mol. The zero-order chi connectivity index (χ0) is 16.2. The highest BCUT2D eigenvalue weighted by atomic mass is 32.2. The summed E-state index contributed by atoms with van der Waals surface area (Å²) in [6.45, 7) is 5.63. The van der Waals surface area contributed by atoms with Crippen LogP contribution in [0.25, 0.3) is 0 Å². The summed E-state index contributed by atoms with van der Waals surface area (Å²) in [5.41, 5.74) is -2.68. The van der Waals surface area contributed by atoms with Crippen LogP contribution in [0.1, 0.15) is 34.1 Å². The van der Waals surface area contributed by atoms with Crippen LogP contribution in [0.3, 0.4) is 0 Å². The Hall–Kier alpha value is -1.35. The fraction of sp³-hybridized carbons (Fsp3) is 0.818. The van der Waals surface area contributed by atoms with Crippen LogP contribution < -0.4 is 5.32 Å². The number of aliphatic carboxylic acids is 1. The highest BCUT2D eigenvalue weighted by Gasteiger charge is 2.41. The third kappa shape index (κ3) is 6.71. The lowest BCUT2D eigenvalue weighted by molar-refractivity contribution is -0.146. The van der Waals surface area contributed by atoms with Gasteiger partial charge in [-0.1, -0.05) is 6.92 Å². The zero-order valence-electron chi connectivity index (χ0n) is 12.2. The van der Waals surface area contributed by atoms with E-state index in [0.29, 0.717) is 0 Å². The third-order valence-electron chi connectivity index (χ3n) is 2.27. The Morgan fingerprint density at radius 3 is 2.05 bits per heavy atom. The molecule has 0 fully saturated rings. The molecule has 0 spiro atoms. The van der Waals surface area contributed by atoms with Crippen molar-refractivity contribution in [2.45, 2.75) is 45.3 Å². The molecule has 9 heteroatoms. The lowest BCUT2D eigenvalue weighted by Gasteiger charge is -2.30. The van der Waals surface area contributed by atoms with Gasteiger partial charge in [0.25, 0.3) is 10.1 Å². The Morgan fingerprint density at radius 2 is 1.75 bits per heavy atom. The van der Waals surface area contributed by atoms with E-state index in [4.69, 9.17) is 4.74 Å². The van der Waals surface area contributed by atoms with Crippen LogP contribution in [0.5, 0.6) is 0 Å². The minimum absolute atomic E-state index is 0.0723. The number of carbonyl (C=O) groups is 2. The second-order valence-corrected chi connectivity index (χ2v) is 6.98. The van der Waals surface area contributed by atoms with Crippen molar-refractivity contribution >= 4 is 22.2 Å². The third-order valence-corrected chi connectivity index (χ3v) is 2.82. The van der Waals surface area contributed by atoms with Gasteiger partial charge in [-0.25, -0.2) is 9.59 Å². The van der Waals surface area contributed by atoms with Gasteiger partial charge in [-0.15, -0.1) is 0 Å². The maximum Gasteiger partial charge on any atom is 0.408 e. The highest BCUT2D eigenvalue weighted by molar-refractivity contribution is 7.85. The van der Waals surface area contributed by atoms with E-state index in [2.05, 4.69) is 9.50 Å². The van der Waals surface area contributed by atoms with Crippen molar-refractivity contribution in [3.63, 3.8) is 0 Å². The van der Waals surface area contributed by atoms with E-state index in [1.807, 2.05) is 0 Å². The lowest BCUT2D eigenvalue weighted by atomic mass is 9.98. The predicted molar refractivity (Wildman–Crippen MR) is 70.8 cm³/mol. The van der Waals surface area contributed by atoms with Gasteiger partial charge in [0.2, 0.25) is 0 Å². The number of hydrogen-bond donors (Lipinski definition) is 2. The van der Waals surface area contributed by atoms with Gasteiger partial charge in [-0.3, -0.25) is 4.18 Å². The van der Waals surface area contributed by atoms with Crippen molar-refractivity contribution in [2.24, 2.45) is 0 Å². The Kier molecular flexibility index (Phi) is 5.97. The SMILES string of the molecule is CC[C@@](COS(C)(=O)=O)(NC(=O)OC(C)(C)C)C(=O)O. The Balaban J connectivity index is 5.06. The summed E-state index contributed by atoms with van der Waals surface area (Å²) in [5.74, 6) is -1.41. The first-order chi connectivity index (χ1) is 8.81. The molecule has 0 aliphatic rings. The van der Waals surface area contributed by atoms with Crippen LogP contribution in [0.2, 0.25) is 0 Å². The molecule has 118 valence electrons. The van der Waals surface area contributed by atoms with Crippen LogP contribution in [0, 0.1) is 0 Å². The summed E-state index contributed by atoms with van der Waals surface area (Å²) >= 11 is 0. The minimum atomic E-state index is -3.83. The number of nitrogens with one attached hydrogen (secondary N) is 1. The summed E-state index contributed by atoms with van der Waals surface area (Å²) in [5, 5.41) is 11.4. The Morgan fingerprint density at radius 1 is 1.25 bits per heavy atom. The minimum Gasteiger partial charge on any atom is -0.479 e. The molecule has 0 aliphatic heterocycles. The molecule has 0 saturated carbocycles. The smallest absolute Gasteiger partial charge is 0.408 e. The second-order valence-electron chi connectivity index (χ2n) is 5.33. The molecule has 2 N–H and O–H groups in total. The summed E-state index contributed by atoms with van der Waals surface area (Å²) in [7, 11) is -3.83. The number of hydrogen-bond acceptors (Lipinski definition) is 6. The number of carboxylic acids is 1. The molecule has 8 nitrogen and oxygen atoms in total.